The standard InChI is InChI=1S/C10H19NO.C2H6/c1-6-8-7-9(2,3)11(12)10(8,4)5;1-2/h7,12H,6H2,1-5H3;1-2H3. The van der Waals surface area contributed by atoms with Crippen LogP contribution in [0.4, 0.5) is 0 Å². The van der Waals surface area contributed by atoms with Crippen molar-refractivity contribution >= 4 is 0 Å². The SMILES string of the molecule is CC.CCC1=CC(C)(C)N(O)C1(C)C. The lowest BCUT2D eigenvalue weighted by Gasteiger charge is -2.36. The zero-order valence-corrected chi connectivity index (χ0v) is 10.7. The van der Waals surface area contributed by atoms with E-state index >= 15 is 0 Å². The fourth-order valence-electron chi connectivity index (χ4n) is 2.06. The van der Waals surface area contributed by atoms with Crippen molar-refractivity contribution in [1.82, 2.24) is 5.06 Å². The van der Waals surface area contributed by atoms with E-state index in [2.05, 4.69) is 26.8 Å². The number of rotatable bonds is 1. The van der Waals surface area contributed by atoms with E-state index in [4.69, 9.17) is 0 Å². The summed E-state index contributed by atoms with van der Waals surface area (Å²) in [7, 11) is 0. The Bertz CT molecular complexity index is 216. The maximum Gasteiger partial charge on any atom is 0.0622 e. The molecule has 0 saturated heterocycles. The molecule has 0 atom stereocenters. The van der Waals surface area contributed by atoms with Crippen LogP contribution in [0.25, 0.3) is 0 Å². The fraction of sp³-hybridized carbons (Fsp3) is 0.833. The predicted molar refractivity (Wildman–Crippen MR) is 61.5 cm³/mol. The second-order valence-electron chi connectivity index (χ2n) is 4.55. The van der Waals surface area contributed by atoms with Gasteiger partial charge in [0.15, 0.2) is 0 Å². The Morgan fingerprint density at radius 3 is 1.79 bits per heavy atom. The average molecular weight is 199 g/mol. The Hall–Kier alpha value is -0.340. The molecule has 2 heteroatoms. The van der Waals surface area contributed by atoms with Crippen LogP contribution in [-0.2, 0) is 0 Å². The Morgan fingerprint density at radius 2 is 1.64 bits per heavy atom. The first-order valence-electron chi connectivity index (χ1n) is 5.54. The first kappa shape index (κ1) is 13.7. The van der Waals surface area contributed by atoms with Gasteiger partial charge in [-0.15, -0.1) is 0 Å². The van der Waals surface area contributed by atoms with Crippen molar-refractivity contribution in [3.05, 3.63) is 11.6 Å². The summed E-state index contributed by atoms with van der Waals surface area (Å²) in [4.78, 5) is 0. The number of hydrogen-bond acceptors (Lipinski definition) is 2. The molecule has 1 aliphatic rings. The zero-order chi connectivity index (χ0) is 11.6. The van der Waals surface area contributed by atoms with E-state index in [1.165, 1.54) is 10.6 Å². The van der Waals surface area contributed by atoms with Crippen LogP contribution in [0.3, 0.4) is 0 Å². The van der Waals surface area contributed by atoms with Gasteiger partial charge in [0.25, 0.3) is 0 Å². The van der Waals surface area contributed by atoms with Crippen molar-refractivity contribution < 1.29 is 5.21 Å². The molecule has 0 spiro atoms. The lowest BCUT2D eigenvalue weighted by atomic mass is 9.95. The predicted octanol–water partition coefficient (Wildman–Crippen LogP) is 3.61. The fourth-order valence-corrected chi connectivity index (χ4v) is 2.06. The molecule has 0 aliphatic carbocycles. The van der Waals surface area contributed by atoms with Gasteiger partial charge < -0.3 is 5.21 Å². The molecule has 2 nitrogen and oxygen atoms in total. The first-order valence-corrected chi connectivity index (χ1v) is 5.54. The van der Waals surface area contributed by atoms with Gasteiger partial charge in [0, 0.05) is 0 Å². The molecule has 1 aliphatic heterocycles. The topological polar surface area (TPSA) is 23.5 Å². The molecular weight excluding hydrogens is 174 g/mol. The third kappa shape index (κ3) is 2.18. The zero-order valence-electron chi connectivity index (χ0n) is 10.7. The molecule has 0 bridgehead atoms. The van der Waals surface area contributed by atoms with Gasteiger partial charge in [-0.1, -0.05) is 32.4 Å². The molecule has 1 rings (SSSR count). The Balaban J connectivity index is 0.000000791. The van der Waals surface area contributed by atoms with Crippen molar-refractivity contribution in [2.24, 2.45) is 0 Å². The van der Waals surface area contributed by atoms with Gasteiger partial charge in [-0.2, -0.15) is 5.06 Å². The van der Waals surface area contributed by atoms with Gasteiger partial charge in [-0.3, -0.25) is 0 Å². The van der Waals surface area contributed by atoms with Crippen LogP contribution >= 0.6 is 0 Å². The second-order valence-corrected chi connectivity index (χ2v) is 4.55. The summed E-state index contributed by atoms with van der Waals surface area (Å²) in [5.41, 5.74) is 0.905. The van der Waals surface area contributed by atoms with Crippen molar-refractivity contribution in [1.29, 1.82) is 0 Å². The number of hydroxylamine groups is 2. The third-order valence-electron chi connectivity index (χ3n) is 2.77. The molecule has 0 unspecified atom stereocenters. The molecular formula is C12H25NO. The van der Waals surface area contributed by atoms with Gasteiger partial charge >= 0.3 is 0 Å². The molecule has 0 aromatic heterocycles. The van der Waals surface area contributed by atoms with Crippen molar-refractivity contribution in [3.63, 3.8) is 0 Å². The van der Waals surface area contributed by atoms with Gasteiger partial charge in [0.2, 0.25) is 0 Å². The smallest absolute Gasteiger partial charge is 0.0622 e. The Labute approximate surface area is 88.6 Å². The van der Waals surface area contributed by atoms with Crippen molar-refractivity contribution in [2.45, 2.75) is 66.0 Å². The van der Waals surface area contributed by atoms with Crippen LogP contribution in [0.15, 0.2) is 11.6 Å². The molecule has 84 valence electrons. The van der Waals surface area contributed by atoms with E-state index in [-0.39, 0.29) is 11.1 Å². The summed E-state index contributed by atoms with van der Waals surface area (Å²) >= 11 is 0. The summed E-state index contributed by atoms with van der Waals surface area (Å²) in [6.07, 6.45) is 3.17. The highest BCUT2D eigenvalue weighted by molar-refractivity contribution is 5.29. The lowest BCUT2D eigenvalue weighted by Crippen LogP contribution is -2.47. The lowest BCUT2D eigenvalue weighted by molar-refractivity contribution is -0.185. The van der Waals surface area contributed by atoms with E-state index in [9.17, 15) is 5.21 Å². The molecule has 0 aromatic rings. The molecule has 1 N–H and O–H groups in total. The van der Waals surface area contributed by atoms with E-state index in [1.807, 2.05) is 27.7 Å². The maximum atomic E-state index is 9.87. The van der Waals surface area contributed by atoms with Crippen LogP contribution in [0, 0.1) is 0 Å². The van der Waals surface area contributed by atoms with Crippen LogP contribution in [0.1, 0.15) is 54.9 Å². The normalized spacial score (nSPS) is 23.9. The largest absolute Gasteiger partial charge is 0.312 e. The van der Waals surface area contributed by atoms with E-state index in [0.717, 1.165) is 6.42 Å². The summed E-state index contributed by atoms with van der Waals surface area (Å²) in [5, 5.41) is 11.3. The first-order chi connectivity index (χ1) is 6.32. The molecule has 0 aromatic carbocycles. The molecule has 0 fully saturated rings. The van der Waals surface area contributed by atoms with Crippen LogP contribution in [0.5, 0.6) is 0 Å². The summed E-state index contributed by atoms with van der Waals surface area (Å²) < 4.78 is 0. The molecule has 0 radical (unpaired) electrons. The monoisotopic (exact) mass is 199 g/mol. The van der Waals surface area contributed by atoms with Crippen LogP contribution < -0.4 is 0 Å². The number of hydrogen-bond donors (Lipinski definition) is 1. The third-order valence-corrected chi connectivity index (χ3v) is 2.77. The average Bonchev–Trinajstić information content (AvgIpc) is 2.29. The highest BCUT2D eigenvalue weighted by Crippen LogP contribution is 2.39. The second kappa shape index (κ2) is 4.45. The maximum absolute atomic E-state index is 9.87. The minimum absolute atomic E-state index is 0.196. The molecule has 0 amide bonds. The minimum Gasteiger partial charge on any atom is -0.312 e. The van der Waals surface area contributed by atoms with Crippen LogP contribution in [-0.4, -0.2) is 21.3 Å². The van der Waals surface area contributed by atoms with Gasteiger partial charge in [0.05, 0.1) is 11.1 Å². The number of nitrogens with zero attached hydrogens (tertiary/aromatic N) is 1. The van der Waals surface area contributed by atoms with Gasteiger partial charge in [-0.25, -0.2) is 0 Å². The van der Waals surface area contributed by atoms with E-state index < -0.39 is 0 Å². The van der Waals surface area contributed by atoms with E-state index in [0.29, 0.717) is 0 Å². The summed E-state index contributed by atoms with van der Waals surface area (Å²) in [6.45, 7) is 14.3. The van der Waals surface area contributed by atoms with Crippen molar-refractivity contribution in [3.8, 4) is 0 Å². The van der Waals surface area contributed by atoms with Gasteiger partial charge in [0.1, 0.15) is 0 Å². The van der Waals surface area contributed by atoms with Crippen LogP contribution in [0.2, 0.25) is 0 Å². The minimum atomic E-state index is -0.213. The molecule has 14 heavy (non-hydrogen) atoms. The summed E-state index contributed by atoms with van der Waals surface area (Å²) in [6, 6.07) is 0. The quantitative estimate of drug-likeness (QED) is 0.652. The highest BCUT2D eigenvalue weighted by Gasteiger charge is 2.43. The summed E-state index contributed by atoms with van der Waals surface area (Å²) in [5.74, 6) is 0. The molecule has 1 heterocycles. The van der Waals surface area contributed by atoms with E-state index in [1.54, 1.807) is 0 Å². The highest BCUT2D eigenvalue weighted by atomic mass is 16.5. The Morgan fingerprint density at radius 1 is 1.21 bits per heavy atom. The van der Waals surface area contributed by atoms with Gasteiger partial charge in [-0.05, 0) is 34.1 Å². The van der Waals surface area contributed by atoms with Crippen molar-refractivity contribution in [2.75, 3.05) is 0 Å². The Kier molecular flexibility index (Phi) is 4.34. The molecule has 0 saturated carbocycles.